The smallest absolute Gasteiger partial charge is 0.225 e. The number of nitrogens with zero attached hydrogens (tertiary/aromatic N) is 3. The summed E-state index contributed by atoms with van der Waals surface area (Å²) in [4.78, 5) is 27.1. The molecule has 3 heterocycles. The Kier molecular flexibility index (Phi) is 5.30. The minimum atomic E-state index is -0.250. The molecule has 1 saturated heterocycles. The monoisotopic (exact) mass is 346 g/mol. The van der Waals surface area contributed by atoms with Gasteiger partial charge in [0.2, 0.25) is 11.8 Å². The lowest BCUT2D eigenvalue weighted by atomic mass is 10.0. The number of carbonyl (C=O) groups is 2. The van der Waals surface area contributed by atoms with Crippen molar-refractivity contribution in [2.45, 2.75) is 38.3 Å². The molecule has 2 aromatic heterocycles. The van der Waals surface area contributed by atoms with Crippen LogP contribution in [0.2, 0.25) is 0 Å². The molecule has 24 heavy (non-hydrogen) atoms. The van der Waals surface area contributed by atoms with E-state index in [2.05, 4.69) is 10.4 Å². The lowest BCUT2D eigenvalue weighted by Gasteiger charge is -2.33. The number of nitrogens with one attached hydrogen (secondary N) is 1. The van der Waals surface area contributed by atoms with Crippen molar-refractivity contribution in [3.8, 4) is 0 Å². The summed E-state index contributed by atoms with van der Waals surface area (Å²) in [6, 6.07) is 5.79. The summed E-state index contributed by atoms with van der Waals surface area (Å²) in [5.74, 6) is -0.0340. The van der Waals surface area contributed by atoms with Crippen molar-refractivity contribution in [1.82, 2.24) is 20.0 Å². The summed E-state index contributed by atoms with van der Waals surface area (Å²) in [7, 11) is 0. The van der Waals surface area contributed by atoms with E-state index in [1.807, 2.05) is 39.4 Å². The third-order valence-electron chi connectivity index (χ3n) is 4.29. The standard InChI is InChI=1S/C17H22N4O2S/c1-13(22)19-15(16-6-3-10-24-16)11-17(23)20-8-2-5-14(12-20)21-9-4-7-18-21/h3-4,6-7,9-10,14-15H,2,5,8,11-12H2,1H3,(H,19,22)/t14-,15-/m0/s1. The summed E-state index contributed by atoms with van der Waals surface area (Å²) >= 11 is 1.56. The zero-order valence-corrected chi connectivity index (χ0v) is 14.5. The fourth-order valence-electron chi connectivity index (χ4n) is 3.16. The summed E-state index contributed by atoms with van der Waals surface area (Å²) in [5.41, 5.74) is 0. The molecule has 6 nitrogen and oxygen atoms in total. The van der Waals surface area contributed by atoms with Crippen LogP contribution in [0.1, 0.15) is 43.1 Å². The molecule has 0 saturated carbocycles. The Morgan fingerprint density at radius 1 is 1.46 bits per heavy atom. The van der Waals surface area contributed by atoms with Crippen molar-refractivity contribution in [1.29, 1.82) is 0 Å². The summed E-state index contributed by atoms with van der Waals surface area (Å²) in [6.07, 6.45) is 6.02. The van der Waals surface area contributed by atoms with Gasteiger partial charge in [-0.2, -0.15) is 5.10 Å². The molecule has 0 aromatic carbocycles. The number of thiophene rings is 1. The third kappa shape index (κ3) is 4.03. The van der Waals surface area contributed by atoms with Crippen molar-refractivity contribution in [3.05, 3.63) is 40.8 Å². The Hall–Kier alpha value is -2.15. The molecule has 1 N–H and O–H groups in total. The van der Waals surface area contributed by atoms with Crippen LogP contribution in [0.5, 0.6) is 0 Å². The second kappa shape index (κ2) is 7.61. The van der Waals surface area contributed by atoms with Gasteiger partial charge in [0.15, 0.2) is 0 Å². The molecule has 2 amide bonds. The number of likely N-dealkylation sites (tertiary alicyclic amines) is 1. The molecule has 7 heteroatoms. The van der Waals surface area contributed by atoms with Crippen LogP contribution in [-0.4, -0.2) is 39.6 Å². The van der Waals surface area contributed by atoms with Gasteiger partial charge in [0.1, 0.15) is 0 Å². The molecule has 3 rings (SSSR count). The first-order chi connectivity index (χ1) is 11.6. The van der Waals surface area contributed by atoms with Crippen LogP contribution in [-0.2, 0) is 9.59 Å². The van der Waals surface area contributed by atoms with Gasteiger partial charge in [0, 0.05) is 37.3 Å². The fraction of sp³-hybridized carbons (Fsp3) is 0.471. The predicted molar refractivity (Wildman–Crippen MR) is 92.6 cm³/mol. The Morgan fingerprint density at radius 2 is 2.33 bits per heavy atom. The topological polar surface area (TPSA) is 67.2 Å². The van der Waals surface area contributed by atoms with E-state index >= 15 is 0 Å². The maximum absolute atomic E-state index is 12.7. The van der Waals surface area contributed by atoms with Crippen LogP contribution in [0.3, 0.4) is 0 Å². The Balaban J connectivity index is 1.65. The number of carbonyl (C=O) groups excluding carboxylic acids is 2. The number of aromatic nitrogens is 2. The molecular formula is C17H22N4O2S. The summed E-state index contributed by atoms with van der Waals surface area (Å²) < 4.78 is 1.93. The van der Waals surface area contributed by atoms with Gasteiger partial charge in [0.05, 0.1) is 18.5 Å². The first kappa shape index (κ1) is 16.7. The van der Waals surface area contributed by atoms with Gasteiger partial charge in [-0.25, -0.2) is 0 Å². The van der Waals surface area contributed by atoms with Gasteiger partial charge < -0.3 is 10.2 Å². The largest absolute Gasteiger partial charge is 0.348 e. The molecule has 1 aliphatic heterocycles. The fourth-order valence-corrected chi connectivity index (χ4v) is 3.93. The van der Waals surface area contributed by atoms with Crippen LogP contribution in [0.4, 0.5) is 0 Å². The van der Waals surface area contributed by atoms with Gasteiger partial charge in [-0.1, -0.05) is 6.07 Å². The van der Waals surface area contributed by atoms with Crippen LogP contribution >= 0.6 is 11.3 Å². The number of amides is 2. The van der Waals surface area contributed by atoms with Crippen LogP contribution in [0, 0.1) is 0 Å². The van der Waals surface area contributed by atoms with E-state index in [0.29, 0.717) is 13.0 Å². The normalized spacial score (nSPS) is 19.0. The Labute approximate surface area is 145 Å². The van der Waals surface area contributed by atoms with E-state index in [-0.39, 0.29) is 23.9 Å². The predicted octanol–water partition coefficient (Wildman–Crippen LogP) is 2.38. The average molecular weight is 346 g/mol. The lowest BCUT2D eigenvalue weighted by molar-refractivity contribution is -0.133. The van der Waals surface area contributed by atoms with E-state index in [1.165, 1.54) is 6.92 Å². The zero-order chi connectivity index (χ0) is 16.9. The van der Waals surface area contributed by atoms with Gasteiger partial charge >= 0.3 is 0 Å². The molecule has 0 radical (unpaired) electrons. The van der Waals surface area contributed by atoms with Crippen molar-refractivity contribution < 1.29 is 9.59 Å². The molecule has 0 spiro atoms. The number of hydrogen-bond donors (Lipinski definition) is 1. The van der Waals surface area contributed by atoms with E-state index in [1.54, 1.807) is 17.5 Å². The quantitative estimate of drug-likeness (QED) is 0.904. The summed E-state index contributed by atoms with van der Waals surface area (Å²) in [6.45, 7) is 2.94. The van der Waals surface area contributed by atoms with Crippen LogP contribution in [0.15, 0.2) is 36.0 Å². The maximum atomic E-state index is 12.7. The van der Waals surface area contributed by atoms with Crippen molar-refractivity contribution >= 4 is 23.2 Å². The molecule has 1 aliphatic rings. The molecule has 0 unspecified atom stereocenters. The minimum Gasteiger partial charge on any atom is -0.348 e. The molecule has 0 bridgehead atoms. The number of piperidine rings is 1. The molecule has 1 fully saturated rings. The second-order valence-corrected chi connectivity index (χ2v) is 7.07. The molecule has 0 aliphatic carbocycles. The van der Waals surface area contributed by atoms with Crippen LogP contribution in [0.25, 0.3) is 0 Å². The SMILES string of the molecule is CC(=O)N[C@@H](CC(=O)N1CCC[C@H](n2cccn2)C1)c1cccs1. The second-order valence-electron chi connectivity index (χ2n) is 6.09. The zero-order valence-electron chi connectivity index (χ0n) is 13.7. The van der Waals surface area contributed by atoms with Gasteiger partial charge in [-0.05, 0) is 30.4 Å². The highest BCUT2D eigenvalue weighted by atomic mass is 32.1. The lowest BCUT2D eigenvalue weighted by Crippen LogP contribution is -2.42. The first-order valence-electron chi connectivity index (χ1n) is 8.21. The van der Waals surface area contributed by atoms with Gasteiger partial charge in [-0.15, -0.1) is 11.3 Å². The highest BCUT2D eigenvalue weighted by Crippen LogP contribution is 2.26. The van der Waals surface area contributed by atoms with Crippen molar-refractivity contribution in [2.24, 2.45) is 0 Å². The van der Waals surface area contributed by atoms with E-state index in [4.69, 9.17) is 0 Å². The Bertz CT molecular complexity index is 669. The van der Waals surface area contributed by atoms with Crippen molar-refractivity contribution in [3.63, 3.8) is 0 Å². The Morgan fingerprint density at radius 3 is 3.00 bits per heavy atom. The van der Waals surface area contributed by atoms with Gasteiger partial charge in [-0.3, -0.25) is 14.3 Å². The third-order valence-corrected chi connectivity index (χ3v) is 5.28. The van der Waals surface area contributed by atoms with Gasteiger partial charge in [0.25, 0.3) is 0 Å². The molecule has 128 valence electrons. The average Bonchev–Trinajstić information content (AvgIpc) is 3.27. The highest BCUT2D eigenvalue weighted by Gasteiger charge is 2.27. The molecular weight excluding hydrogens is 324 g/mol. The van der Waals surface area contributed by atoms with Crippen molar-refractivity contribution in [2.75, 3.05) is 13.1 Å². The minimum absolute atomic E-state index is 0.0824. The molecule has 2 aromatic rings. The van der Waals surface area contributed by atoms with E-state index in [9.17, 15) is 9.59 Å². The highest BCUT2D eigenvalue weighted by molar-refractivity contribution is 7.10. The number of rotatable bonds is 5. The maximum Gasteiger partial charge on any atom is 0.225 e. The first-order valence-corrected chi connectivity index (χ1v) is 9.09. The van der Waals surface area contributed by atoms with E-state index < -0.39 is 0 Å². The molecule has 2 atom stereocenters. The summed E-state index contributed by atoms with van der Waals surface area (Å²) in [5, 5.41) is 9.16. The number of hydrogen-bond acceptors (Lipinski definition) is 4. The van der Waals surface area contributed by atoms with E-state index in [0.717, 1.165) is 24.3 Å². The van der Waals surface area contributed by atoms with Crippen LogP contribution < -0.4 is 5.32 Å².